The minimum Gasteiger partial charge on any atom is -0.483 e. The lowest BCUT2D eigenvalue weighted by Gasteiger charge is -2.13. The molecule has 128 valence electrons. The van der Waals surface area contributed by atoms with Gasteiger partial charge in [0.25, 0.3) is 0 Å². The Labute approximate surface area is 160 Å². The Morgan fingerprint density at radius 2 is 1.85 bits per heavy atom. The van der Waals surface area contributed by atoms with Crippen LogP contribution in [0.5, 0.6) is 5.75 Å². The number of para-hydroxylation sites is 1. The predicted molar refractivity (Wildman–Crippen MR) is 106 cm³/mol. The molecule has 0 bridgehead atoms. The second-order valence-electron chi connectivity index (χ2n) is 6.63. The number of aromatic amines is 1. The van der Waals surface area contributed by atoms with Crippen molar-refractivity contribution in [3.8, 4) is 17.1 Å². The zero-order chi connectivity index (χ0) is 17.5. The van der Waals surface area contributed by atoms with Crippen molar-refractivity contribution in [1.82, 2.24) is 4.98 Å². The minimum absolute atomic E-state index is 0.574. The summed E-state index contributed by atoms with van der Waals surface area (Å²) in [6.45, 7) is 1.55. The molecule has 3 nitrogen and oxygen atoms in total. The number of hydrogen-bond donors (Lipinski definition) is 1. The first-order chi connectivity index (χ1) is 12.8. The Kier molecular flexibility index (Phi) is 3.79. The zero-order valence-corrected chi connectivity index (χ0v) is 15.8. The average molecular weight is 406 g/mol. The molecule has 26 heavy (non-hydrogen) atoms. The van der Waals surface area contributed by atoms with Crippen LogP contribution < -0.4 is 9.30 Å². The van der Waals surface area contributed by atoms with Gasteiger partial charge in [0.2, 0.25) is 11.9 Å². The van der Waals surface area contributed by atoms with Crippen LogP contribution in [-0.4, -0.2) is 4.98 Å². The Bertz CT molecular complexity index is 1100. The van der Waals surface area contributed by atoms with E-state index >= 15 is 0 Å². The number of nitrogens with one attached hydrogen (secondary N) is 1. The molecule has 0 saturated carbocycles. The van der Waals surface area contributed by atoms with Gasteiger partial charge in [0, 0.05) is 27.9 Å². The van der Waals surface area contributed by atoms with Crippen LogP contribution in [0, 0.1) is 0 Å². The standard InChI is InChI=1S/C22H17BrN2O/c23-16-7-5-15(6-8-16)14-26-17-9-10-21-22-19(11-12-25(21)13-17)18-3-1-2-4-20(18)24-22/h1-10,13H,11-12,14H2/p+1. The molecular formula is C22H18BrN2O+. The number of halogens is 1. The summed E-state index contributed by atoms with van der Waals surface area (Å²) in [6.07, 6.45) is 3.15. The Hall–Kier alpha value is -2.59. The number of ether oxygens (including phenoxy) is 1. The second-order valence-corrected chi connectivity index (χ2v) is 7.55. The third-order valence-corrected chi connectivity index (χ3v) is 5.52. The van der Waals surface area contributed by atoms with E-state index < -0.39 is 0 Å². The van der Waals surface area contributed by atoms with E-state index in [0.29, 0.717) is 6.61 Å². The predicted octanol–water partition coefficient (Wildman–Crippen LogP) is 5.02. The molecular weight excluding hydrogens is 388 g/mol. The fraction of sp³-hybridized carbons (Fsp3) is 0.136. The van der Waals surface area contributed by atoms with Crippen LogP contribution in [0.15, 0.2) is 71.3 Å². The number of rotatable bonds is 3. The highest BCUT2D eigenvalue weighted by atomic mass is 79.9. The fourth-order valence-electron chi connectivity index (χ4n) is 3.68. The molecule has 0 unspecified atom stereocenters. The number of aryl methyl sites for hydroxylation is 2. The number of aromatic nitrogens is 2. The largest absolute Gasteiger partial charge is 0.483 e. The van der Waals surface area contributed by atoms with Crippen LogP contribution >= 0.6 is 15.9 Å². The molecule has 0 radical (unpaired) electrons. The van der Waals surface area contributed by atoms with Gasteiger partial charge in [0.1, 0.15) is 12.3 Å². The topological polar surface area (TPSA) is 28.9 Å². The lowest BCUT2D eigenvalue weighted by Crippen LogP contribution is -2.40. The van der Waals surface area contributed by atoms with Crippen LogP contribution in [0.2, 0.25) is 0 Å². The molecule has 1 aliphatic rings. The maximum absolute atomic E-state index is 6.00. The molecule has 2 aromatic heterocycles. The third kappa shape index (κ3) is 2.71. The first-order valence-corrected chi connectivity index (χ1v) is 9.58. The highest BCUT2D eigenvalue weighted by molar-refractivity contribution is 9.10. The van der Waals surface area contributed by atoms with E-state index in [-0.39, 0.29) is 0 Å². The van der Waals surface area contributed by atoms with E-state index in [4.69, 9.17) is 4.74 Å². The zero-order valence-electron chi connectivity index (χ0n) is 14.2. The molecule has 0 aliphatic carbocycles. The van der Waals surface area contributed by atoms with E-state index in [0.717, 1.165) is 28.8 Å². The van der Waals surface area contributed by atoms with Crippen molar-refractivity contribution < 1.29 is 9.30 Å². The summed E-state index contributed by atoms with van der Waals surface area (Å²) in [5.74, 6) is 0.899. The summed E-state index contributed by atoms with van der Waals surface area (Å²) >= 11 is 3.46. The minimum atomic E-state index is 0.574. The third-order valence-electron chi connectivity index (χ3n) is 4.99. The van der Waals surface area contributed by atoms with Gasteiger partial charge in [0.05, 0.1) is 0 Å². The summed E-state index contributed by atoms with van der Waals surface area (Å²) in [4.78, 5) is 3.59. The average Bonchev–Trinajstić information content (AvgIpc) is 3.06. The number of pyridine rings is 1. The summed E-state index contributed by atoms with van der Waals surface area (Å²) in [5, 5.41) is 1.34. The molecule has 0 fully saturated rings. The summed E-state index contributed by atoms with van der Waals surface area (Å²) < 4.78 is 9.37. The smallest absolute Gasteiger partial charge is 0.229 e. The van der Waals surface area contributed by atoms with Crippen LogP contribution in [0.4, 0.5) is 0 Å². The molecule has 1 aliphatic heterocycles. The van der Waals surface area contributed by atoms with Gasteiger partial charge in [-0.3, -0.25) is 0 Å². The summed E-state index contributed by atoms with van der Waals surface area (Å²) in [6, 6.07) is 21.0. The SMILES string of the molecule is Brc1ccc(COc2ccc3[n+](c2)CCc2c-3[nH]c3ccccc23)cc1. The quantitative estimate of drug-likeness (QED) is 0.476. The van der Waals surface area contributed by atoms with Crippen molar-refractivity contribution in [2.24, 2.45) is 0 Å². The van der Waals surface area contributed by atoms with Gasteiger partial charge in [-0.15, -0.1) is 0 Å². The molecule has 1 N–H and O–H groups in total. The lowest BCUT2D eigenvalue weighted by molar-refractivity contribution is -0.688. The molecule has 0 atom stereocenters. The van der Waals surface area contributed by atoms with Crippen molar-refractivity contribution in [3.63, 3.8) is 0 Å². The maximum atomic E-state index is 6.00. The highest BCUT2D eigenvalue weighted by Gasteiger charge is 2.26. The number of H-pyrrole nitrogens is 1. The normalized spacial score (nSPS) is 12.7. The number of nitrogens with zero attached hydrogens (tertiary/aromatic N) is 1. The first-order valence-electron chi connectivity index (χ1n) is 8.78. The molecule has 5 rings (SSSR count). The second kappa shape index (κ2) is 6.29. The van der Waals surface area contributed by atoms with Gasteiger partial charge in [0.15, 0.2) is 12.3 Å². The van der Waals surface area contributed by atoms with Gasteiger partial charge in [-0.2, -0.15) is 4.57 Å². The van der Waals surface area contributed by atoms with Crippen molar-refractivity contribution >= 4 is 26.8 Å². The summed E-state index contributed by atoms with van der Waals surface area (Å²) in [5.41, 5.74) is 6.25. The molecule has 0 spiro atoms. The number of fused-ring (bicyclic) bond motifs is 5. The van der Waals surface area contributed by atoms with Crippen molar-refractivity contribution in [2.45, 2.75) is 19.6 Å². The molecule has 0 saturated heterocycles. The molecule has 2 aromatic carbocycles. The van der Waals surface area contributed by atoms with Crippen LogP contribution in [0.3, 0.4) is 0 Å². The summed E-state index contributed by atoms with van der Waals surface area (Å²) in [7, 11) is 0. The van der Waals surface area contributed by atoms with Crippen LogP contribution in [0.25, 0.3) is 22.3 Å². The van der Waals surface area contributed by atoms with E-state index in [1.165, 1.54) is 27.9 Å². The highest BCUT2D eigenvalue weighted by Crippen LogP contribution is 2.32. The van der Waals surface area contributed by atoms with Gasteiger partial charge in [-0.1, -0.05) is 46.3 Å². The molecule has 4 heteroatoms. The van der Waals surface area contributed by atoms with E-state index in [9.17, 15) is 0 Å². The van der Waals surface area contributed by atoms with Crippen molar-refractivity contribution in [2.75, 3.05) is 0 Å². The van der Waals surface area contributed by atoms with E-state index in [1.54, 1.807) is 0 Å². The van der Waals surface area contributed by atoms with Crippen LogP contribution in [0.1, 0.15) is 11.1 Å². The molecule has 4 aromatic rings. The van der Waals surface area contributed by atoms with Gasteiger partial charge < -0.3 is 9.72 Å². The molecule has 3 heterocycles. The van der Waals surface area contributed by atoms with Gasteiger partial charge in [-0.05, 0) is 35.4 Å². The monoisotopic (exact) mass is 405 g/mol. The van der Waals surface area contributed by atoms with Crippen molar-refractivity contribution in [3.05, 3.63) is 82.5 Å². The number of benzene rings is 2. The Morgan fingerprint density at radius 3 is 2.73 bits per heavy atom. The van der Waals surface area contributed by atoms with Gasteiger partial charge >= 0.3 is 0 Å². The number of hydrogen-bond acceptors (Lipinski definition) is 1. The fourth-order valence-corrected chi connectivity index (χ4v) is 3.94. The Morgan fingerprint density at radius 1 is 1.00 bits per heavy atom. The first kappa shape index (κ1) is 15.6. The van der Waals surface area contributed by atoms with E-state index in [2.05, 4.69) is 80.2 Å². The lowest BCUT2D eigenvalue weighted by atomic mass is 10.0. The Balaban J connectivity index is 1.44. The van der Waals surface area contributed by atoms with E-state index in [1.807, 2.05) is 12.1 Å². The van der Waals surface area contributed by atoms with Gasteiger partial charge in [-0.25, -0.2) is 0 Å². The maximum Gasteiger partial charge on any atom is 0.229 e. The molecule has 0 amide bonds. The van der Waals surface area contributed by atoms with Crippen molar-refractivity contribution in [1.29, 1.82) is 0 Å². The van der Waals surface area contributed by atoms with Crippen LogP contribution in [-0.2, 0) is 19.6 Å².